The summed E-state index contributed by atoms with van der Waals surface area (Å²) in [5, 5.41) is 8.76. The molecule has 0 saturated carbocycles. The number of sulfonamides is 1. The lowest BCUT2D eigenvalue weighted by Crippen LogP contribution is -2.34. The summed E-state index contributed by atoms with van der Waals surface area (Å²) in [6.45, 7) is 3.81. The van der Waals surface area contributed by atoms with Crippen molar-refractivity contribution in [1.82, 2.24) is 9.29 Å². The normalized spacial score (nSPS) is 13.8. The Kier molecular flexibility index (Phi) is 4.53. The molecule has 102 valence electrons. The molecule has 1 aromatic heterocycles. The Morgan fingerprint density at radius 2 is 2.17 bits per heavy atom. The van der Waals surface area contributed by atoms with Crippen LogP contribution in [0, 0.1) is 0 Å². The largest absolute Gasteiger partial charge is 0.477 e. The highest BCUT2D eigenvalue weighted by molar-refractivity contribution is 7.89. The molecule has 0 saturated heterocycles. The predicted molar refractivity (Wildman–Crippen MR) is 67.1 cm³/mol. The van der Waals surface area contributed by atoms with Crippen molar-refractivity contribution >= 4 is 16.0 Å². The molecule has 1 atom stereocenters. The minimum absolute atomic E-state index is 0.0228. The summed E-state index contributed by atoms with van der Waals surface area (Å²) in [5.41, 5.74) is -0.134. The lowest BCUT2D eigenvalue weighted by molar-refractivity contribution is 0.0691. The van der Waals surface area contributed by atoms with Crippen molar-refractivity contribution in [2.45, 2.75) is 37.6 Å². The van der Waals surface area contributed by atoms with Gasteiger partial charge in [0, 0.05) is 19.3 Å². The van der Waals surface area contributed by atoms with Gasteiger partial charge in [0.1, 0.15) is 10.6 Å². The molecule has 0 fully saturated rings. The summed E-state index contributed by atoms with van der Waals surface area (Å²) >= 11 is 0. The average molecular weight is 274 g/mol. The van der Waals surface area contributed by atoms with Gasteiger partial charge in [-0.15, -0.1) is 0 Å². The van der Waals surface area contributed by atoms with Crippen molar-refractivity contribution in [3.63, 3.8) is 0 Å². The maximum Gasteiger partial charge on any atom is 0.352 e. The first-order chi connectivity index (χ1) is 8.30. The zero-order valence-corrected chi connectivity index (χ0v) is 11.5. The molecule has 1 unspecified atom stereocenters. The smallest absolute Gasteiger partial charge is 0.352 e. The Bertz CT molecular complexity index is 521. The predicted octanol–water partition coefficient (Wildman–Crippen LogP) is 1.52. The van der Waals surface area contributed by atoms with E-state index in [0.29, 0.717) is 0 Å². The van der Waals surface area contributed by atoms with Crippen LogP contribution in [0.15, 0.2) is 17.2 Å². The number of carboxylic acids is 1. The number of hydrogen-bond donors (Lipinski definition) is 2. The summed E-state index contributed by atoms with van der Waals surface area (Å²) in [7, 11) is -2.13. The summed E-state index contributed by atoms with van der Waals surface area (Å²) in [5.74, 6) is -1.18. The molecule has 0 radical (unpaired) electrons. The Labute approximate surface area is 107 Å². The molecule has 0 amide bonds. The van der Waals surface area contributed by atoms with Crippen LogP contribution in [0.4, 0.5) is 0 Å². The number of aromatic carboxylic acids is 1. The number of carbonyl (C=O) groups is 1. The third kappa shape index (κ3) is 2.91. The van der Waals surface area contributed by atoms with Gasteiger partial charge in [0.2, 0.25) is 10.0 Å². The molecule has 0 bridgehead atoms. The average Bonchev–Trinajstić information content (AvgIpc) is 2.78. The van der Waals surface area contributed by atoms with E-state index in [1.165, 1.54) is 17.5 Å². The van der Waals surface area contributed by atoms with E-state index in [4.69, 9.17) is 5.11 Å². The van der Waals surface area contributed by atoms with E-state index >= 15 is 0 Å². The molecule has 0 aliphatic carbocycles. The number of hydrogen-bond acceptors (Lipinski definition) is 3. The third-order valence-corrected chi connectivity index (χ3v) is 4.84. The van der Waals surface area contributed by atoms with Crippen molar-refractivity contribution < 1.29 is 18.3 Å². The third-order valence-electron chi connectivity index (χ3n) is 2.89. The van der Waals surface area contributed by atoms with Gasteiger partial charge in [0.05, 0.1) is 0 Å². The second-order valence-electron chi connectivity index (χ2n) is 4.21. The number of nitrogens with zero attached hydrogens (tertiary/aromatic N) is 1. The van der Waals surface area contributed by atoms with E-state index in [1.54, 1.807) is 0 Å². The van der Waals surface area contributed by atoms with Crippen LogP contribution in [0.2, 0.25) is 0 Å². The number of nitrogens with one attached hydrogen (secondary N) is 1. The van der Waals surface area contributed by atoms with Crippen molar-refractivity contribution in [1.29, 1.82) is 0 Å². The Balaban J connectivity index is 3.01. The van der Waals surface area contributed by atoms with Crippen LogP contribution in [-0.4, -0.2) is 41.9 Å². The van der Waals surface area contributed by atoms with Crippen LogP contribution in [0.5, 0.6) is 0 Å². The zero-order valence-electron chi connectivity index (χ0n) is 10.7. The fraction of sp³-hybridized carbons (Fsp3) is 0.545. The molecule has 1 aromatic rings. The lowest BCUT2D eigenvalue weighted by Gasteiger charge is -2.23. The van der Waals surface area contributed by atoms with Crippen molar-refractivity contribution in [3.8, 4) is 0 Å². The fourth-order valence-corrected chi connectivity index (χ4v) is 3.04. The minimum Gasteiger partial charge on any atom is -0.477 e. The zero-order chi connectivity index (χ0) is 13.9. The number of rotatable bonds is 6. The quantitative estimate of drug-likeness (QED) is 0.823. The molecule has 0 aliphatic rings. The molecule has 1 heterocycles. The first-order valence-electron chi connectivity index (χ1n) is 5.70. The maximum atomic E-state index is 12.2. The summed E-state index contributed by atoms with van der Waals surface area (Å²) in [6.07, 6.45) is 2.84. The van der Waals surface area contributed by atoms with E-state index in [-0.39, 0.29) is 16.6 Å². The molecule has 0 aromatic carbocycles. The minimum atomic E-state index is -3.63. The van der Waals surface area contributed by atoms with Crippen LogP contribution in [-0.2, 0) is 10.0 Å². The SMILES string of the molecule is CCCC(C)N(C)S(=O)(=O)c1c[nH]c(C(=O)O)c1. The van der Waals surface area contributed by atoms with Gasteiger partial charge in [0.25, 0.3) is 0 Å². The van der Waals surface area contributed by atoms with Gasteiger partial charge in [-0.1, -0.05) is 13.3 Å². The van der Waals surface area contributed by atoms with E-state index < -0.39 is 16.0 Å². The number of aromatic nitrogens is 1. The monoisotopic (exact) mass is 274 g/mol. The molecule has 6 nitrogen and oxygen atoms in total. The van der Waals surface area contributed by atoms with Gasteiger partial charge in [-0.25, -0.2) is 13.2 Å². The molecule has 18 heavy (non-hydrogen) atoms. The first-order valence-corrected chi connectivity index (χ1v) is 7.14. The Hall–Kier alpha value is -1.34. The van der Waals surface area contributed by atoms with Gasteiger partial charge in [-0.3, -0.25) is 0 Å². The Morgan fingerprint density at radius 3 is 2.61 bits per heavy atom. The number of H-pyrrole nitrogens is 1. The van der Waals surface area contributed by atoms with Crippen LogP contribution in [0.1, 0.15) is 37.2 Å². The number of carboxylic acid groups (broad SMARTS) is 1. The highest BCUT2D eigenvalue weighted by Gasteiger charge is 2.26. The van der Waals surface area contributed by atoms with Gasteiger partial charge < -0.3 is 10.1 Å². The highest BCUT2D eigenvalue weighted by atomic mass is 32.2. The topological polar surface area (TPSA) is 90.5 Å². The van der Waals surface area contributed by atoms with E-state index in [2.05, 4.69) is 4.98 Å². The van der Waals surface area contributed by atoms with Crippen molar-refractivity contribution in [2.75, 3.05) is 7.05 Å². The Morgan fingerprint density at radius 1 is 1.56 bits per heavy atom. The summed E-state index contributed by atoms with van der Waals surface area (Å²) in [6, 6.07) is 1.01. The highest BCUT2D eigenvalue weighted by Crippen LogP contribution is 2.19. The summed E-state index contributed by atoms with van der Waals surface area (Å²) in [4.78, 5) is 13.1. The number of aromatic amines is 1. The van der Waals surface area contributed by atoms with Gasteiger partial charge in [-0.05, 0) is 19.4 Å². The van der Waals surface area contributed by atoms with Crippen molar-refractivity contribution in [2.24, 2.45) is 0 Å². The second-order valence-corrected chi connectivity index (χ2v) is 6.21. The van der Waals surface area contributed by atoms with Gasteiger partial charge >= 0.3 is 5.97 Å². The fourth-order valence-electron chi connectivity index (χ4n) is 1.65. The van der Waals surface area contributed by atoms with Gasteiger partial charge in [0.15, 0.2) is 0 Å². The molecular weight excluding hydrogens is 256 g/mol. The first kappa shape index (κ1) is 14.7. The van der Waals surface area contributed by atoms with Crippen LogP contribution in [0.25, 0.3) is 0 Å². The van der Waals surface area contributed by atoms with E-state index in [0.717, 1.165) is 18.9 Å². The van der Waals surface area contributed by atoms with Crippen molar-refractivity contribution in [3.05, 3.63) is 18.0 Å². The summed E-state index contributed by atoms with van der Waals surface area (Å²) < 4.78 is 25.7. The molecule has 2 N–H and O–H groups in total. The maximum absolute atomic E-state index is 12.2. The van der Waals surface area contributed by atoms with Gasteiger partial charge in [-0.2, -0.15) is 4.31 Å². The molecule has 0 aliphatic heterocycles. The van der Waals surface area contributed by atoms with E-state index in [9.17, 15) is 13.2 Å². The van der Waals surface area contributed by atoms with Crippen LogP contribution >= 0.6 is 0 Å². The van der Waals surface area contributed by atoms with Crippen LogP contribution in [0.3, 0.4) is 0 Å². The standard InChI is InChI=1S/C11H18N2O4S/c1-4-5-8(2)13(3)18(16,17)9-6-10(11(14)15)12-7-9/h6-8,12H,4-5H2,1-3H3,(H,14,15). The molecule has 0 spiro atoms. The molecular formula is C11H18N2O4S. The van der Waals surface area contributed by atoms with Crippen LogP contribution < -0.4 is 0 Å². The second kappa shape index (κ2) is 5.53. The molecule has 1 rings (SSSR count). The van der Waals surface area contributed by atoms with E-state index in [1.807, 2.05) is 13.8 Å². The molecule has 7 heteroatoms. The lowest BCUT2D eigenvalue weighted by atomic mass is 10.2.